The van der Waals surface area contributed by atoms with E-state index in [9.17, 15) is 22.8 Å². The van der Waals surface area contributed by atoms with Crippen molar-refractivity contribution >= 4 is 22.4 Å². The molecule has 0 fully saturated rings. The smallest absolute Gasteiger partial charge is 0.416 e. The van der Waals surface area contributed by atoms with Crippen LogP contribution in [-0.2, 0) is 22.1 Å². The molecular formula is C27H21F3N2O4. The van der Waals surface area contributed by atoms with Crippen molar-refractivity contribution in [3.63, 3.8) is 0 Å². The predicted molar refractivity (Wildman–Crippen MR) is 129 cm³/mol. The summed E-state index contributed by atoms with van der Waals surface area (Å²) in [5.74, 6) is -0.730. The maximum atomic E-state index is 13.6. The maximum absolute atomic E-state index is 13.6. The van der Waals surface area contributed by atoms with Gasteiger partial charge in [-0.05, 0) is 39.6 Å². The number of nitrogen functional groups attached to an aromatic ring is 1. The SMILES string of the molecule is COC(=O)C1COc2c(-c3cccc(C(F)(F)F)c3)c(Cc3cccc4ccccc34)c(N)c(=O)n21. The van der Waals surface area contributed by atoms with E-state index in [1.807, 2.05) is 42.5 Å². The van der Waals surface area contributed by atoms with Gasteiger partial charge in [0.25, 0.3) is 5.56 Å². The van der Waals surface area contributed by atoms with Crippen LogP contribution in [0, 0.1) is 0 Å². The Morgan fingerprint density at radius 1 is 1.11 bits per heavy atom. The van der Waals surface area contributed by atoms with E-state index in [4.69, 9.17) is 15.2 Å². The number of hydrogen-bond acceptors (Lipinski definition) is 5. The Morgan fingerprint density at radius 2 is 1.83 bits per heavy atom. The topological polar surface area (TPSA) is 83.6 Å². The first-order chi connectivity index (χ1) is 17.2. The number of anilines is 1. The Kier molecular flexibility index (Phi) is 5.70. The number of esters is 1. The molecule has 0 bridgehead atoms. The zero-order valence-electron chi connectivity index (χ0n) is 19.1. The number of aromatic nitrogens is 1. The molecule has 1 atom stereocenters. The average molecular weight is 494 g/mol. The summed E-state index contributed by atoms with van der Waals surface area (Å²) >= 11 is 0. The number of fused-ring (bicyclic) bond motifs is 2. The lowest BCUT2D eigenvalue weighted by atomic mass is 9.91. The third kappa shape index (κ3) is 3.86. The molecule has 0 amide bonds. The summed E-state index contributed by atoms with van der Waals surface area (Å²) in [6, 6.07) is 17.0. The van der Waals surface area contributed by atoms with Gasteiger partial charge in [0.2, 0.25) is 5.88 Å². The summed E-state index contributed by atoms with van der Waals surface area (Å²) in [7, 11) is 1.18. The zero-order valence-corrected chi connectivity index (χ0v) is 19.1. The molecule has 1 aliphatic rings. The standard InChI is InChI=1S/C27H21F3N2O4/c1-35-26(34)21-14-36-25-22(17-9-5-10-18(12-17)27(28,29)30)20(23(31)24(33)32(21)25)13-16-8-4-7-15-6-2-3-11-19(15)16/h2-12,21H,13-14,31H2,1H3. The predicted octanol–water partition coefficient (Wildman–Crippen LogP) is 4.97. The van der Waals surface area contributed by atoms with E-state index in [-0.39, 0.29) is 35.7 Å². The number of carbonyl (C=O) groups is 1. The van der Waals surface area contributed by atoms with E-state index in [0.717, 1.165) is 33.0 Å². The zero-order chi connectivity index (χ0) is 25.6. The van der Waals surface area contributed by atoms with Crippen LogP contribution in [0.15, 0.2) is 71.5 Å². The van der Waals surface area contributed by atoms with E-state index in [1.54, 1.807) is 0 Å². The van der Waals surface area contributed by atoms with Gasteiger partial charge in [0, 0.05) is 12.0 Å². The first-order valence-electron chi connectivity index (χ1n) is 11.1. The third-order valence-corrected chi connectivity index (χ3v) is 6.40. The van der Waals surface area contributed by atoms with Crippen LogP contribution in [0.1, 0.15) is 22.7 Å². The number of methoxy groups -OCH3 is 1. The lowest BCUT2D eigenvalue weighted by molar-refractivity contribution is -0.144. The van der Waals surface area contributed by atoms with Gasteiger partial charge in [-0.25, -0.2) is 4.79 Å². The number of halogens is 3. The number of ether oxygens (including phenoxy) is 2. The van der Waals surface area contributed by atoms with Crippen LogP contribution >= 0.6 is 0 Å². The molecule has 0 radical (unpaired) electrons. The average Bonchev–Trinajstić information content (AvgIpc) is 3.31. The number of hydrogen-bond donors (Lipinski definition) is 1. The van der Waals surface area contributed by atoms with Crippen molar-refractivity contribution in [3.8, 4) is 17.0 Å². The van der Waals surface area contributed by atoms with Crippen molar-refractivity contribution in [2.75, 3.05) is 19.5 Å². The van der Waals surface area contributed by atoms with Gasteiger partial charge in [-0.1, -0.05) is 54.6 Å². The van der Waals surface area contributed by atoms with Crippen molar-refractivity contribution in [2.24, 2.45) is 0 Å². The molecular weight excluding hydrogens is 473 g/mol. The van der Waals surface area contributed by atoms with Gasteiger partial charge in [0.15, 0.2) is 6.04 Å². The molecule has 2 heterocycles. The van der Waals surface area contributed by atoms with Gasteiger partial charge in [0.1, 0.15) is 12.3 Å². The van der Waals surface area contributed by atoms with Crippen molar-refractivity contribution in [1.82, 2.24) is 4.57 Å². The van der Waals surface area contributed by atoms with Crippen molar-refractivity contribution in [1.29, 1.82) is 0 Å². The van der Waals surface area contributed by atoms with Crippen LogP contribution in [0.3, 0.4) is 0 Å². The number of benzene rings is 3. The molecule has 36 heavy (non-hydrogen) atoms. The Balaban J connectivity index is 1.79. The van der Waals surface area contributed by atoms with Gasteiger partial charge in [-0.15, -0.1) is 0 Å². The summed E-state index contributed by atoms with van der Waals surface area (Å²) in [6.45, 7) is -0.203. The first kappa shape index (κ1) is 23.5. The van der Waals surface area contributed by atoms with Gasteiger partial charge in [-0.3, -0.25) is 9.36 Å². The van der Waals surface area contributed by atoms with Crippen molar-refractivity contribution in [3.05, 3.63) is 93.8 Å². The van der Waals surface area contributed by atoms with Gasteiger partial charge in [-0.2, -0.15) is 13.2 Å². The third-order valence-electron chi connectivity index (χ3n) is 6.40. The lowest BCUT2D eigenvalue weighted by Crippen LogP contribution is -2.31. The molecule has 6 nitrogen and oxygen atoms in total. The molecule has 2 N–H and O–H groups in total. The maximum Gasteiger partial charge on any atom is 0.416 e. The second-order valence-corrected chi connectivity index (χ2v) is 8.49. The minimum atomic E-state index is -4.58. The molecule has 0 spiro atoms. The first-order valence-corrected chi connectivity index (χ1v) is 11.1. The summed E-state index contributed by atoms with van der Waals surface area (Å²) in [5, 5.41) is 1.89. The Hall–Kier alpha value is -4.27. The van der Waals surface area contributed by atoms with Gasteiger partial charge in [0.05, 0.1) is 12.7 Å². The molecule has 184 valence electrons. The summed E-state index contributed by atoms with van der Waals surface area (Å²) in [5.41, 5.74) is 6.22. The molecule has 4 aromatic rings. The van der Waals surface area contributed by atoms with Gasteiger partial charge >= 0.3 is 12.1 Å². The quantitative estimate of drug-likeness (QED) is 0.405. The van der Waals surface area contributed by atoms with Crippen LogP contribution in [0.2, 0.25) is 0 Å². The van der Waals surface area contributed by atoms with Crippen LogP contribution in [0.25, 0.3) is 21.9 Å². The highest BCUT2D eigenvalue weighted by molar-refractivity contribution is 5.87. The molecule has 0 saturated carbocycles. The fraction of sp³-hybridized carbons (Fsp3) is 0.185. The van der Waals surface area contributed by atoms with E-state index in [0.29, 0.717) is 5.56 Å². The fourth-order valence-corrected chi connectivity index (χ4v) is 4.67. The molecule has 1 aromatic heterocycles. The summed E-state index contributed by atoms with van der Waals surface area (Å²) in [6.07, 6.45) is -4.42. The van der Waals surface area contributed by atoms with E-state index in [2.05, 4.69) is 0 Å². The fourth-order valence-electron chi connectivity index (χ4n) is 4.67. The monoisotopic (exact) mass is 494 g/mol. The van der Waals surface area contributed by atoms with Crippen LogP contribution in [0.4, 0.5) is 18.9 Å². The molecule has 0 aliphatic carbocycles. The highest BCUT2D eigenvalue weighted by Crippen LogP contribution is 2.42. The second-order valence-electron chi connectivity index (χ2n) is 8.49. The van der Waals surface area contributed by atoms with E-state index >= 15 is 0 Å². The minimum Gasteiger partial charge on any atom is -0.475 e. The minimum absolute atomic E-state index is 0.0147. The Labute approximate surface area is 203 Å². The molecule has 3 aromatic carbocycles. The molecule has 5 rings (SSSR count). The van der Waals surface area contributed by atoms with Crippen molar-refractivity contribution in [2.45, 2.75) is 18.6 Å². The number of rotatable bonds is 4. The number of nitrogens with zero attached hydrogens (tertiary/aromatic N) is 1. The molecule has 9 heteroatoms. The van der Waals surface area contributed by atoms with Crippen LogP contribution in [0.5, 0.6) is 5.88 Å². The highest BCUT2D eigenvalue weighted by atomic mass is 19.4. The van der Waals surface area contributed by atoms with Crippen molar-refractivity contribution < 1.29 is 27.4 Å². The number of nitrogens with two attached hydrogens (primary N) is 1. The Morgan fingerprint density at radius 3 is 2.58 bits per heavy atom. The molecule has 1 aliphatic heterocycles. The second kappa shape index (κ2) is 8.75. The Bertz CT molecular complexity index is 1550. The molecule has 0 saturated heterocycles. The molecule has 1 unspecified atom stereocenters. The number of carbonyl (C=O) groups excluding carboxylic acids is 1. The van der Waals surface area contributed by atoms with Crippen LogP contribution in [-0.4, -0.2) is 24.3 Å². The lowest BCUT2D eigenvalue weighted by Gasteiger charge is -2.19. The van der Waals surface area contributed by atoms with Crippen LogP contribution < -0.4 is 16.0 Å². The number of pyridine rings is 1. The summed E-state index contributed by atoms with van der Waals surface area (Å²) < 4.78 is 52.3. The summed E-state index contributed by atoms with van der Waals surface area (Å²) in [4.78, 5) is 25.7. The number of alkyl halides is 3. The van der Waals surface area contributed by atoms with Gasteiger partial charge < -0.3 is 15.2 Å². The largest absolute Gasteiger partial charge is 0.475 e. The van der Waals surface area contributed by atoms with E-state index in [1.165, 1.54) is 19.2 Å². The highest BCUT2D eigenvalue weighted by Gasteiger charge is 2.37. The normalized spacial score (nSPS) is 14.9. The van der Waals surface area contributed by atoms with E-state index < -0.39 is 29.3 Å².